The molecule has 0 unspecified atom stereocenters. The van der Waals surface area contributed by atoms with Gasteiger partial charge in [-0.3, -0.25) is 4.79 Å². The molecular weight excluding hydrogens is 270 g/mol. The van der Waals surface area contributed by atoms with E-state index < -0.39 is 5.54 Å². The van der Waals surface area contributed by atoms with Crippen LogP contribution in [0.3, 0.4) is 0 Å². The zero-order chi connectivity index (χ0) is 11.8. The molecule has 2 rings (SSSR count). The number of hydrogen-bond acceptors (Lipinski definition) is 3. The Hall–Kier alpha value is -0.940. The molecule has 0 radical (unpaired) electrons. The van der Waals surface area contributed by atoms with Crippen LogP contribution in [0.2, 0.25) is 0 Å². The van der Waals surface area contributed by atoms with Gasteiger partial charge in [0.2, 0.25) is 5.91 Å². The van der Waals surface area contributed by atoms with Gasteiger partial charge in [-0.2, -0.15) is 0 Å². The first kappa shape index (κ1) is 11.5. The van der Waals surface area contributed by atoms with Crippen LogP contribution in [0, 0.1) is 6.92 Å². The lowest BCUT2D eigenvalue weighted by Gasteiger charge is -2.35. The molecule has 0 aromatic carbocycles. The summed E-state index contributed by atoms with van der Waals surface area (Å²) in [6.07, 6.45) is 2.54. The summed E-state index contributed by atoms with van der Waals surface area (Å²) >= 11 is 3.36. The van der Waals surface area contributed by atoms with Gasteiger partial charge in [0.15, 0.2) is 0 Å². The topological polar surface area (TPSA) is 68.0 Å². The van der Waals surface area contributed by atoms with Crippen molar-refractivity contribution in [2.75, 3.05) is 5.32 Å². The van der Waals surface area contributed by atoms with Crippen LogP contribution in [0.5, 0.6) is 0 Å². The Kier molecular flexibility index (Phi) is 2.99. The maximum atomic E-state index is 11.8. The van der Waals surface area contributed by atoms with E-state index >= 15 is 0 Å². The fourth-order valence-electron chi connectivity index (χ4n) is 1.64. The molecule has 5 heteroatoms. The third-order valence-electron chi connectivity index (χ3n) is 2.96. The summed E-state index contributed by atoms with van der Waals surface area (Å²) in [6, 6.07) is 3.62. The Labute approximate surface area is 103 Å². The maximum absolute atomic E-state index is 11.8. The summed E-state index contributed by atoms with van der Waals surface area (Å²) in [5.41, 5.74) is 6.08. The van der Waals surface area contributed by atoms with Gasteiger partial charge in [-0.15, -0.1) is 0 Å². The van der Waals surface area contributed by atoms with Crippen molar-refractivity contribution in [1.29, 1.82) is 0 Å². The summed E-state index contributed by atoms with van der Waals surface area (Å²) in [7, 11) is 0. The predicted octanol–water partition coefficient (Wildman–Crippen LogP) is 1.97. The van der Waals surface area contributed by atoms with Crippen LogP contribution < -0.4 is 11.1 Å². The van der Waals surface area contributed by atoms with Gasteiger partial charge in [-0.1, -0.05) is 0 Å². The molecule has 0 spiro atoms. The molecule has 3 N–H and O–H groups in total. The van der Waals surface area contributed by atoms with E-state index in [0.717, 1.165) is 29.4 Å². The Bertz CT molecular complexity index is 429. The van der Waals surface area contributed by atoms with Crippen LogP contribution in [-0.2, 0) is 4.79 Å². The minimum absolute atomic E-state index is 0.132. The first-order valence-corrected chi connectivity index (χ1v) is 6.04. The molecule has 0 atom stereocenters. The lowest BCUT2D eigenvalue weighted by Crippen LogP contribution is -2.56. The highest BCUT2D eigenvalue weighted by Gasteiger charge is 2.40. The molecule has 0 aliphatic heterocycles. The molecule has 4 nitrogen and oxygen atoms in total. The fraction of sp³-hybridized carbons (Fsp3) is 0.455. The number of nitrogens with zero attached hydrogens (tertiary/aromatic N) is 1. The maximum Gasteiger partial charge on any atom is 0.245 e. The van der Waals surface area contributed by atoms with Gasteiger partial charge in [0.05, 0.1) is 11.2 Å². The highest BCUT2D eigenvalue weighted by Crippen LogP contribution is 2.30. The van der Waals surface area contributed by atoms with Crippen molar-refractivity contribution >= 4 is 27.7 Å². The minimum atomic E-state index is -0.678. The first-order chi connectivity index (χ1) is 7.51. The molecule has 1 fully saturated rings. The Morgan fingerprint density at radius 3 is 2.75 bits per heavy atom. The molecule has 1 aromatic heterocycles. The van der Waals surface area contributed by atoms with E-state index in [4.69, 9.17) is 5.73 Å². The number of aromatic nitrogens is 1. The van der Waals surface area contributed by atoms with Crippen LogP contribution in [0.25, 0.3) is 0 Å². The largest absolute Gasteiger partial charge is 0.317 e. The molecule has 1 heterocycles. The van der Waals surface area contributed by atoms with Gasteiger partial charge >= 0.3 is 0 Å². The average molecular weight is 284 g/mol. The number of halogens is 1. The standard InChI is InChI=1S/C11H14BrN3O/c1-7-8(12)3-4-9(14-7)15-10(16)11(13)5-2-6-11/h3-4H,2,5-6,13H2,1H3,(H,14,15,16). The molecule has 1 saturated carbocycles. The molecule has 1 amide bonds. The van der Waals surface area contributed by atoms with Crippen molar-refractivity contribution in [2.45, 2.75) is 31.7 Å². The number of aryl methyl sites for hydroxylation is 1. The zero-order valence-electron chi connectivity index (χ0n) is 9.09. The van der Waals surface area contributed by atoms with Gasteiger partial charge in [0, 0.05) is 4.47 Å². The Balaban J connectivity index is 2.09. The van der Waals surface area contributed by atoms with Crippen molar-refractivity contribution in [2.24, 2.45) is 5.73 Å². The van der Waals surface area contributed by atoms with Gasteiger partial charge < -0.3 is 11.1 Å². The van der Waals surface area contributed by atoms with E-state index in [9.17, 15) is 4.79 Å². The molecule has 0 saturated heterocycles. The van der Waals surface area contributed by atoms with E-state index in [1.807, 2.05) is 13.0 Å². The van der Waals surface area contributed by atoms with Crippen LogP contribution in [0.4, 0.5) is 5.82 Å². The van der Waals surface area contributed by atoms with E-state index in [1.54, 1.807) is 6.07 Å². The lowest BCUT2D eigenvalue weighted by molar-refractivity contribution is -0.123. The van der Waals surface area contributed by atoms with Crippen molar-refractivity contribution in [3.63, 3.8) is 0 Å². The predicted molar refractivity (Wildman–Crippen MR) is 66.1 cm³/mol. The van der Waals surface area contributed by atoms with E-state index in [1.165, 1.54) is 0 Å². The second-order valence-corrected chi connectivity index (χ2v) is 5.08. The van der Waals surface area contributed by atoms with Gasteiger partial charge in [-0.25, -0.2) is 4.98 Å². The van der Waals surface area contributed by atoms with Gasteiger partial charge in [-0.05, 0) is 54.2 Å². The number of hydrogen-bond donors (Lipinski definition) is 2. The van der Waals surface area contributed by atoms with E-state index in [0.29, 0.717) is 5.82 Å². The SMILES string of the molecule is Cc1nc(NC(=O)C2(N)CCC2)ccc1Br. The summed E-state index contributed by atoms with van der Waals surface area (Å²) in [4.78, 5) is 16.1. The zero-order valence-corrected chi connectivity index (χ0v) is 10.7. The number of nitrogens with two attached hydrogens (primary N) is 1. The quantitative estimate of drug-likeness (QED) is 0.872. The molecular formula is C11H14BrN3O. The van der Waals surface area contributed by atoms with Crippen molar-refractivity contribution in [3.05, 3.63) is 22.3 Å². The fourth-order valence-corrected chi connectivity index (χ4v) is 1.86. The number of nitrogens with one attached hydrogen (secondary N) is 1. The number of amides is 1. The number of carbonyl (C=O) groups is 1. The second kappa shape index (κ2) is 4.14. The Morgan fingerprint density at radius 1 is 1.56 bits per heavy atom. The third-order valence-corrected chi connectivity index (χ3v) is 3.80. The molecule has 16 heavy (non-hydrogen) atoms. The monoisotopic (exact) mass is 283 g/mol. The number of pyridine rings is 1. The summed E-state index contributed by atoms with van der Waals surface area (Å²) in [6.45, 7) is 1.88. The molecule has 0 bridgehead atoms. The lowest BCUT2D eigenvalue weighted by atomic mass is 9.77. The van der Waals surface area contributed by atoms with Crippen molar-refractivity contribution in [1.82, 2.24) is 4.98 Å². The summed E-state index contributed by atoms with van der Waals surface area (Å²) in [5, 5.41) is 2.76. The Morgan fingerprint density at radius 2 is 2.25 bits per heavy atom. The third kappa shape index (κ3) is 2.10. The summed E-state index contributed by atoms with van der Waals surface area (Å²) in [5.74, 6) is 0.426. The second-order valence-electron chi connectivity index (χ2n) is 4.23. The number of carbonyl (C=O) groups excluding carboxylic acids is 1. The van der Waals surface area contributed by atoms with Crippen LogP contribution in [0.15, 0.2) is 16.6 Å². The van der Waals surface area contributed by atoms with Crippen molar-refractivity contribution in [3.8, 4) is 0 Å². The normalized spacial score (nSPS) is 17.7. The van der Waals surface area contributed by atoms with Crippen LogP contribution in [0.1, 0.15) is 25.0 Å². The molecule has 1 aliphatic carbocycles. The average Bonchev–Trinajstić information content (AvgIpc) is 2.20. The smallest absolute Gasteiger partial charge is 0.245 e. The highest BCUT2D eigenvalue weighted by atomic mass is 79.9. The van der Waals surface area contributed by atoms with Gasteiger partial charge in [0.1, 0.15) is 5.82 Å². The first-order valence-electron chi connectivity index (χ1n) is 5.25. The van der Waals surface area contributed by atoms with Crippen molar-refractivity contribution < 1.29 is 4.79 Å². The van der Waals surface area contributed by atoms with Gasteiger partial charge in [0.25, 0.3) is 0 Å². The highest BCUT2D eigenvalue weighted by molar-refractivity contribution is 9.10. The van der Waals surface area contributed by atoms with E-state index in [-0.39, 0.29) is 5.91 Å². The minimum Gasteiger partial charge on any atom is -0.317 e. The molecule has 1 aliphatic rings. The number of anilines is 1. The van der Waals surface area contributed by atoms with Crippen LogP contribution >= 0.6 is 15.9 Å². The van der Waals surface area contributed by atoms with E-state index in [2.05, 4.69) is 26.2 Å². The summed E-state index contributed by atoms with van der Waals surface area (Å²) < 4.78 is 0.927. The molecule has 86 valence electrons. The number of rotatable bonds is 2. The molecule has 1 aromatic rings. The van der Waals surface area contributed by atoms with Crippen LogP contribution in [-0.4, -0.2) is 16.4 Å².